The van der Waals surface area contributed by atoms with Crippen LogP contribution >= 0.6 is 0 Å². The van der Waals surface area contributed by atoms with Crippen LogP contribution in [0, 0.1) is 0 Å². The minimum Gasteiger partial charge on any atom is -0.478 e. The number of hydrogen-bond donors (Lipinski definition) is 2. The van der Waals surface area contributed by atoms with Gasteiger partial charge in [0, 0.05) is 83.4 Å². The maximum Gasteiger partial charge on any atom is 0.333 e. The summed E-state index contributed by atoms with van der Waals surface area (Å²) in [6, 6.07) is 0. The Hall–Kier alpha value is -0.760. The zero-order valence-electron chi connectivity index (χ0n) is 20.1. The number of carbonyl (C=O) groups excluding carboxylic acids is 2. The second kappa shape index (κ2) is 28.3. The summed E-state index contributed by atoms with van der Waals surface area (Å²) in [5.74, 6) is -2.03. The quantitative estimate of drug-likeness (QED) is 0.125. The molecule has 0 rings (SSSR count). The number of carboxylic acid groups (broad SMARTS) is 1. The molecule has 0 aromatic heterocycles. The molecule has 0 aromatic carbocycles. The third-order valence-corrected chi connectivity index (χ3v) is 2.89. The Kier molecular flexibility index (Phi) is 39.6. The van der Waals surface area contributed by atoms with E-state index in [0.29, 0.717) is 24.4 Å². The van der Waals surface area contributed by atoms with E-state index in [1.165, 1.54) is 21.0 Å². The van der Waals surface area contributed by atoms with Crippen LogP contribution in [0.4, 0.5) is 0 Å². The number of aliphatic carboxylic acids is 1. The number of methoxy groups -OCH3 is 2. The predicted octanol–water partition coefficient (Wildman–Crippen LogP) is 1.43. The van der Waals surface area contributed by atoms with Gasteiger partial charge < -0.3 is 19.3 Å². The molecule has 0 aliphatic heterocycles. The van der Waals surface area contributed by atoms with E-state index in [0.717, 1.165) is 6.08 Å². The van der Waals surface area contributed by atoms with Gasteiger partial charge in [0.1, 0.15) is 6.61 Å². The van der Waals surface area contributed by atoms with Crippen LogP contribution in [0.15, 0.2) is 49.1 Å². The summed E-state index contributed by atoms with van der Waals surface area (Å²) < 4.78 is 41.5. The van der Waals surface area contributed by atoms with Crippen LogP contribution in [0.5, 0.6) is 0 Å². The van der Waals surface area contributed by atoms with E-state index in [2.05, 4.69) is 40.5 Å². The molecule has 176 valence electrons. The molecule has 0 fully saturated rings. The van der Waals surface area contributed by atoms with Crippen molar-refractivity contribution in [3.8, 4) is 0 Å². The van der Waals surface area contributed by atoms with Crippen LogP contribution in [0.2, 0.25) is 0 Å². The molecule has 13 heteroatoms. The third kappa shape index (κ3) is 51.7. The molecular weight excluding hydrogens is 466 g/mol. The van der Waals surface area contributed by atoms with Crippen molar-refractivity contribution in [3.05, 3.63) is 49.1 Å². The Bertz CT molecular complexity index is 686. The van der Waals surface area contributed by atoms with E-state index < -0.39 is 22.1 Å². The second-order valence-electron chi connectivity index (χ2n) is 5.41. The van der Waals surface area contributed by atoms with E-state index in [1.54, 1.807) is 14.0 Å². The minimum absolute atomic E-state index is 0. The van der Waals surface area contributed by atoms with Gasteiger partial charge in [-0.25, -0.2) is 14.4 Å². The monoisotopic (exact) mass is 498 g/mol. The maximum absolute atomic E-state index is 10.6. The van der Waals surface area contributed by atoms with Crippen molar-refractivity contribution in [2.45, 2.75) is 20.8 Å². The molecule has 10 nitrogen and oxygen atoms in total. The molecule has 2 N–H and O–H groups in total. The smallest absolute Gasteiger partial charge is 0.333 e. The minimum atomic E-state index is -3.82. The number of hydrogen-bond acceptors (Lipinski definition) is 8. The van der Waals surface area contributed by atoms with Gasteiger partial charge in [0.05, 0.1) is 19.5 Å². The summed E-state index contributed by atoms with van der Waals surface area (Å²) in [5, 5.41) is 7.89. The molecule has 0 amide bonds. The number of carbonyl (C=O) groups is 3. The molecular formula is C19H32Na2O10S. The number of carboxylic acids is 1. The molecule has 0 aliphatic carbocycles. The number of rotatable bonds is 8. The van der Waals surface area contributed by atoms with Gasteiger partial charge in [0.15, 0.2) is 0 Å². The van der Waals surface area contributed by atoms with E-state index in [1.807, 2.05) is 0 Å². The van der Waals surface area contributed by atoms with Crippen LogP contribution in [-0.4, -0.2) is 128 Å². The molecule has 0 saturated carbocycles. The van der Waals surface area contributed by atoms with E-state index in [4.69, 9.17) is 9.66 Å². The molecule has 0 bridgehead atoms. The molecule has 2 radical (unpaired) electrons. The predicted molar refractivity (Wildman–Crippen MR) is 125 cm³/mol. The number of esters is 2. The number of ether oxygens (including phenoxy) is 3. The molecule has 0 heterocycles. The zero-order valence-corrected chi connectivity index (χ0v) is 24.9. The molecule has 0 atom stereocenters. The fourth-order valence-corrected chi connectivity index (χ4v) is 1.36. The van der Waals surface area contributed by atoms with Crippen molar-refractivity contribution >= 4 is 87.1 Å². The fraction of sp³-hybridized carbons (Fsp3) is 0.421. The van der Waals surface area contributed by atoms with Gasteiger partial charge >= 0.3 is 17.9 Å². The van der Waals surface area contributed by atoms with Gasteiger partial charge in [-0.3, -0.25) is 4.55 Å². The summed E-state index contributed by atoms with van der Waals surface area (Å²) in [5.41, 5.74) is 1.03. The summed E-state index contributed by atoms with van der Waals surface area (Å²) >= 11 is 0. The average molecular weight is 499 g/mol. The molecule has 0 spiro atoms. The molecule has 0 saturated heterocycles. The first-order chi connectivity index (χ1) is 13.5. The zero-order chi connectivity index (χ0) is 24.9. The normalized spacial score (nSPS) is 8.31. The van der Waals surface area contributed by atoms with E-state index >= 15 is 0 Å². The molecule has 32 heavy (non-hydrogen) atoms. The topological polar surface area (TPSA) is 154 Å². The van der Waals surface area contributed by atoms with Gasteiger partial charge in [0.2, 0.25) is 0 Å². The van der Waals surface area contributed by atoms with Gasteiger partial charge in [0.25, 0.3) is 10.1 Å². The van der Waals surface area contributed by atoms with Crippen LogP contribution in [0.25, 0.3) is 0 Å². The third-order valence-electron chi connectivity index (χ3n) is 2.03. The molecule has 0 aromatic rings. The first-order valence-corrected chi connectivity index (χ1v) is 9.66. The van der Waals surface area contributed by atoms with Crippen molar-refractivity contribution in [3.63, 3.8) is 0 Å². The average Bonchev–Trinajstić information content (AvgIpc) is 2.60. The van der Waals surface area contributed by atoms with Gasteiger partial charge in [-0.2, -0.15) is 8.42 Å². The van der Waals surface area contributed by atoms with Gasteiger partial charge in [-0.15, -0.1) is 0 Å². The molecule has 0 unspecified atom stereocenters. The second-order valence-corrected chi connectivity index (χ2v) is 6.86. The summed E-state index contributed by atoms with van der Waals surface area (Å²) in [6.45, 7) is 18.3. The Morgan fingerprint density at radius 3 is 1.47 bits per heavy atom. The Morgan fingerprint density at radius 2 is 1.34 bits per heavy atom. The maximum atomic E-state index is 10.6. The van der Waals surface area contributed by atoms with Gasteiger partial charge in [-0.05, 0) is 20.8 Å². The van der Waals surface area contributed by atoms with Crippen molar-refractivity contribution in [1.29, 1.82) is 0 Å². The van der Waals surface area contributed by atoms with Gasteiger partial charge in [-0.1, -0.05) is 31.9 Å². The summed E-state index contributed by atoms with van der Waals surface area (Å²) in [4.78, 5) is 30.1. The van der Waals surface area contributed by atoms with E-state index in [-0.39, 0.29) is 76.4 Å². The van der Waals surface area contributed by atoms with Crippen LogP contribution in [0.3, 0.4) is 0 Å². The van der Waals surface area contributed by atoms with Crippen molar-refractivity contribution in [1.82, 2.24) is 0 Å². The first kappa shape index (κ1) is 44.8. The SMILES string of the molecule is C=C(C)C(=O)O.C=C(C)C(=O)OCCOC.C=C(C)CS(=O)(=O)O.C=CC(=O)OC.[Na].[Na]. The Balaban J connectivity index is -0.0000000705. The first-order valence-electron chi connectivity index (χ1n) is 8.05. The van der Waals surface area contributed by atoms with Crippen LogP contribution in [0.1, 0.15) is 20.8 Å². The van der Waals surface area contributed by atoms with Crippen molar-refractivity contribution < 1.29 is 46.7 Å². The van der Waals surface area contributed by atoms with Crippen molar-refractivity contribution in [2.75, 3.05) is 33.2 Å². The van der Waals surface area contributed by atoms with E-state index in [9.17, 15) is 22.8 Å². The Morgan fingerprint density at radius 1 is 0.938 bits per heavy atom. The summed E-state index contributed by atoms with van der Waals surface area (Å²) in [6.07, 6.45) is 1.11. The largest absolute Gasteiger partial charge is 0.478 e. The van der Waals surface area contributed by atoms with Crippen LogP contribution in [-0.2, 0) is 38.7 Å². The Labute approximate surface area is 235 Å². The molecule has 0 aliphatic rings. The van der Waals surface area contributed by atoms with Crippen LogP contribution < -0.4 is 0 Å². The summed E-state index contributed by atoms with van der Waals surface area (Å²) in [7, 11) is -0.963. The standard InChI is InChI=1S/C7H12O3.C4H8O3S.2C4H6O2.2Na/c1-6(2)7(8)10-5-4-9-3;1-4(2)3-8(5,6)7;1-3-4(5)6-2;1-3(2)4(5)6;;/h1,4-5H2,2-3H3;1,3H2,2H3,(H,5,6,7);3H,1H2,2H3;1H2,2H3,(H,5,6);;. The fourth-order valence-electron chi connectivity index (χ4n) is 0.736. The van der Waals surface area contributed by atoms with Crippen molar-refractivity contribution in [2.24, 2.45) is 0 Å².